The summed E-state index contributed by atoms with van der Waals surface area (Å²) in [7, 11) is 0. The molecule has 15 heteroatoms. The van der Waals surface area contributed by atoms with E-state index in [1.807, 2.05) is 0 Å². The van der Waals surface area contributed by atoms with Crippen molar-refractivity contribution in [3.05, 3.63) is 12.0 Å². The van der Waals surface area contributed by atoms with Crippen LogP contribution in [0.4, 0.5) is 57.1 Å². The highest BCUT2D eigenvalue weighted by Crippen LogP contribution is 2.64. The number of alkyl halides is 11. The summed E-state index contributed by atoms with van der Waals surface area (Å²) < 4.78 is 166. The van der Waals surface area contributed by atoms with E-state index in [1.54, 1.807) is 0 Å². The Morgan fingerprint density at radius 3 is 1.43 bits per heavy atom. The van der Waals surface area contributed by atoms with Crippen LogP contribution in [0.5, 0.6) is 0 Å². The van der Waals surface area contributed by atoms with E-state index in [-0.39, 0.29) is 0 Å². The van der Waals surface area contributed by atoms with Gasteiger partial charge < -0.3 is 4.74 Å². The van der Waals surface area contributed by atoms with Crippen LogP contribution in [0.3, 0.4) is 0 Å². The van der Waals surface area contributed by atoms with Gasteiger partial charge in [-0.2, -0.15) is 57.1 Å². The summed E-state index contributed by atoms with van der Waals surface area (Å²) in [6.07, 6.45) is -5.40. The van der Waals surface area contributed by atoms with Gasteiger partial charge in [0.25, 0.3) is 5.95 Å². The Labute approximate surface area is 117 Å². The van der Waals surface area contributed by atoms with E-state index in [4.69, 9.17) is 0 Å². The molecule has 0 unspecified atom stereocenters. The minimum absolute atomic E-state index is 2.73. The van der Waals surface area contributed by atoms with E-state index in [9.17, 15) is 57.1 Å². The molecular weight excluding hydrogens is 373 g/mol. The van der Waals surface area contributed by atoms with Crippen molar-refractivity contribution in [3.8, 4) is 0 Å². The SMILES string of the molecule is F/C(OCC(F)(F)F)=C(/F)N1C(F)(F)C(F)(F)C(F)(F)C1(F)F. The van der Waals surface area contributed by atoms with Crippen molar-refractivity contribution in [1.29, 1.82) is 0 Å². The zero-order chi connectivity index (χ0) is 18.6. The van der Waals surface area contributed by atoms with Crippen LogP contribution in [-0.2, 0) is 4.74 Å². The van der Waals surface area contributed by atoms with Crippen LogP contribution in [0.15, 0.2) is 12.0 Å². The summed E-state index contributed by atoms with van der Waals surface area (Å²) in [5.74, 6) is -17.6. The minimum atomic E-state index is -6.87. The molecule has 2 nitrogen and oxygen atoms in total. The fourth-order valence-corrected chi connectivity index (χ4v) is 1.37. The number of nitrogens with zero attached hydrogens (tertiary/aromatic N) is 1. The molecular formula is C8H2F13NO. The number of likely N-dealkylation sites (tertiary alicyclic amines) is 1. The summed E-state index contributed by atoms with van der Waals surface area (Å²) in [6, 6.07) is -16.8. The van der Waals surface area contributed by atoms with E-state index >= 15 is 0 Å². The Morgan fingerprint density at radius 2 is 1.13 bits per heavy atom. The van der Waals surface area contributed by atoms with Gasteiger partial charge >= 0.3 is 36.1 Å². The predicted molar refractivity (Wildman–Crippen MR) is 42.9 cm³/mol. The van der Waals surface area contributed by atoms with E-state index < -0.39 is 53.6 Å². The maximum atomic E-state index is 13.1. The average molecular weight is 375 g/mol. The lowest BCUT2D eigenvalue weighted by Crippen LogP contribution is -2.51. The third kappa shape index (κ3) is 2.62. The molecule has 0 atom stereocenters. The van der Waals surface area contributed by atoms with Crippen molar-refractivity contribution in [2.24, 2.45) is 0 Å². The molecule has 0 aromatic carbocycles. The Kier molecular flexibility index (Phi) is 4.20. The highest BCUT2D eigenvalue weighted by atomic mass is 19.4. The summed E-state index contributed by atoms with van der Waals surface area (Å²) in [6.45, 7) is -2.73. The molecule has 23 heavy (non-hydrogen) atoms. The molecule has 0 radical (unpaired) electrons. The zero-order valence-electron chi connectivity index (χ0n) is 9.98. The van der Waals surface area contributed by atoms with Crippen molar-refractivity contribution in [3.63, 3.8) is 0 Å². The smallest absolute Gasteiger partial charge is 0.422 e. The molecule has 0 aromatic rings. The highest BCUT2D eigenvalue weighted by Gasteiger charge is 2.94. The van der Waals surface area contributed by atoms with Crippen LogP contribution in [0.25, 0.3) is 0 Å². The molecule has 1 rings (SSSR count). The molecule has 0 bridgehead atoms. The second kappa shape index (κ2) is 4.96. The molecule has 0 aliphatic carbocycles. The van der Waals surface area contributed by atoms with Crippen LogP contribution in [0.2, 0.25) is 0 Å². The van der Waals surface area contributed by atoms with Crippen LogP contribution in [0, 0.1) is 0 Å². The third-order valence-electron chi connectivity index (χ3n) is 2.43. The van der Waals surface area contributed by atoms with E-state index in [0.29, 0.717) is 0 Å². The van der Waals surface area contributed by atoms with Gasteiger partial charge in [-0.15, -0.1) is 0 Å². The van der Waals surface area contributed by atoms with Gasteiger partial charge in [-0.05, 0) is 0 Å². The van der Waals surface area contributed by atoms with Crippen LogP contribution in [0.1, 0.15) is 0 Å². The fourth-order valence-electron chi connectivity index (χ4n) is 1.37. The van der Waals surface area contributed by atoms with E-state index in [2.05, 4.69) is 4.74 Å². The molecule has 1 fully saturated rings. The highest BCUT2D eigenvalue weighted by molar-refractivity contribution is 5.17. The second-order valence-corrected chi connectivity index (χ2v) is 4.04. The maximum Gasteiger partial charge on any atom is 0.422 e. The van der Waals surface area contributed by atoms with E-state index in [0.717, 1.165) is 0 Å². The Hall–Kier alpha value is -1.57. The first-order valence-electron chi connectivity index (χ1n) is 4.97. The van der Waals surface area contributed by atoms with Gasteiger partial charge in [-0.25, -0.2) is 4.90 Å². The van der Waals surface area contributed by atoms with Gasteiger partial charge in [0.15, 0.2) is 6.61 Å². The lowest BCUT2D eigenvalue weighted by Gasteiger charge is -2.27. The van der Waals surface area contributed by atoms with Crippen LogP contribution >= 0.6 is 0 Å². The maximum absolute atomic E-state index is 13.1. The molecule has 0 spiro atoms. The molecule has 0 saturated carbocycles. The van der Waals surface area contributed by atoms with Crippen molar-refractivity contribution in [1.82, 2.24) is 4.90 Å². The summed E-state index contributed by atoms with van der Waals surface area (Å²) in [5.41, 5.74) is 0. The number of halogens is 13. The topological polar surface area (TPSA) is 12.5 Å². The summed E-state index contributed by atoms with van der Waals surface area (Å²) in [4.78, 5) is -2.97. The monoisotopic (exact) mass is 375 g/mol. The molecule has 136 valence electrons. The first kappa shape index (κ1) is 19.5. The van der Waals surface area contributed by atoms with Gasteiger partial charge in [-0.3, -0.25) is 0 Å². The largest absolute Gasteiger partial charge is 0.458 e. The zero-order valence-corrected chi connectivity index (χ0v) is 9.98. The van der Waals surface area contributed by atoms with Crippen LogP contribution < -0.4 is 0 Å². The summed E-state index contributed by atoms with van der Waals surface area (Å²) in [5, 5.41) is 0. The lowest BCUT2D eigenvalue weighted by atomic mass is 10.2. The van der Waals surface area contributed by atoms with E-state index in [1.165, 1.54) is 0 Å². The van der Waals surface area contributed by atoms with Crippen molar-refractivity contribution in [2.45, 2.75) is 30.1 Å². The van der Waals surface area contributed by atoms with Crippen molar-refractivity contribution >= 4 is 0 Å². The number of hydrogen-bond acceptors (Lipinski definition) is 2. The molecule has 0 N–H and O–H groups in total. The van der Waals surface area contributed by atoms with Crippen molar-refractivity contribution in [2.75, 3.05) is 6.61 Å². The Bertz CT molecular complexity index is 481. The first-order chi connectivity index (χ1) is 9.91. The molecule has 1 aliphatic heterocycles. The molecule has 1 heterocycles. The molecule has 1 saturated heterocycles. The molecule has 0 amide bonds. The average Bonchev–Trinajstić information content (AvgIpc) is 2.39. The second-order valence-electron chi connectivity index (χ2n) is 4.04. The minimum Gasteiger partial charge on any atom is -0.458 e. The number of ether oxygens (including phenoxy) is 1. The predicted octanol–water partition coefficient (Wildman–Crippen LogP) is 4.40. The quantitative estimate of drug-likeness (QED) is 0.412. The van der Waals surface area contributed by atoms with Crippen molar-refractivity contribution < 1.29 is 61.8 Å². The Morgan fingerprint density at radius 1 is 0.783 bits per heavy atom. The third-order valence-corrected chi connectivity index (χ3v) is 2.43. The van der Waals surface area contributed by atoms with Gasteiger partial charge in [0.05, 0.1) is 0 Å². The van der Waals surface area contributed by atoms with Gasteiger partial charge in [-0.1, -0.05) is 0 Å². The molecule has 0 aromatic heterocycles. The fraction of sp³-hybridized carbons (Fsp3) is 0.750. The normalized spacial score (nSPS) is 26.0. The van der Waals surface area contributed by atoms with Gasteiger partial charge in [0.2, 0.25) is 0 Å². The number of hydrogen-bond donors (Lipinski definition) is 0. The first-order valence-corrected chi connectivity index (χ1v) is 4.97. The van der Waals surface area contributed by atoms with Gasteiger partial charge in [0, 0.05) is 0 Å². The molecule has 1 aliphatic rings. The number of rotatable bonds is 3. The van der Waals surface area contributed by atoms with Gasteiger partial charge in [0.1, 0.15) is 0 Å². The standard InChI is InChI=1S/C8H2F13NO/c9-2(3(10)23-1-4(11,12)13)22-7(18,19)5(14,15)6(16,17)8(22,20)21/h1H2/b3-2+. The van der Waals surface area contributed by atoms with Crippen LogP contribution in [-0.4, -0.2) is 41.6 Å². The Balaban J connectivity index is 3.35. The summed E-state index contributed by atoms with van der Waals surface area (Å²) >= 11 is 0. The lowest BCUT2D eigenvalue weighted by molar-refractivity contribution is -0.303.